The lowest BCUT2D eigenvalue weighted by atomic mass is 10.0. The van der Waals surface area contributed by atoms with Crippen molar-refractivity contribution in [2.75, 3.05) is 38.5 Å². The van der Waals surface area contributed by atoms with E-state index in [0.717, 1.165) is 42.6 Å². The second kappa shape index (κ2) is 9.15. The molecule has 1 aliphatic heterocycles. The molecular weight excluding hydrogens is 374 g/mol. The first-order chi connectivity index (χ1) is 11.4. The monoisotopic (exact) mass is 397 g/mol. The van der Waals surface area contributed by atoms with Gasteiger partial charge in [-0.2, -0.15) is 0 Å². The molecule has 0 radical (unpaired) electrons. The Hall–Kier alpha value is -1.44. The maximum Gasteiger partial charge on any atom is 0.317 e. The highest BCUT2D eigenvalue weighted by molar-refractivity contribution is 9.10. The quantitative estimate of drug-likeness (QED) is 0.737. The first-order valence-electron chi connectivity index (χ1n) is 8.14. The van der Waals surface area contributed by atoms with Crippen molar-refractivity contribution in [1.29, 1.82) is 0 Å². The van der Waals surface area contributed by atoms with Gasteiger partial charge in [0.25, 0.3) is 0 Å². The number of carboxylic acids is 1. The summed E-state index contributed by atoms with van der Waals surface area (Å²) in [5, 5.41) is 11.7. The van der Waals surface area contributed by atoms with Crippen molar-refractivity contribution in [3.63, 3.8) is 0 Å². The summed E-state index contributed by atoms with van der Waals surface area (Å²) >= 11 is 3.37. The molecule has 2 N–H and O–H groups in total. The van der Waals surface area contributed by atoms with Gasteiger partial charge in [-0.15, -0.1) is 0 Å². The molecule has 0 atom stereocenters. The highest BCUT2D eigenvalue weighted by Crippen LogP contribution is 2.16. The number of aliphatic carboxylic acids is 1. The second-order valence-electron chi connectivity index (χ2n) is 6.19. The fourth-order valence-corrected chi connectivity index (χ4v) is 3.21. The van der Waals surface area contributed by atoms with Crippen LogP contribution in [0.4, 0.5) is 5.69 Å². The average molecular weight is 398 g/mol. The first kappa shape index (κ1) is 18.9. The van der Waals surface area contributed by atoms with Crippen molar-refractivity contribution in [3.8, 4) is 0 Å². The van der Waals surface area contributed by atoms with Crippen LogP contribution in [0.5, 0.6) is 0 Å². The van der Waals surface area contributed by atoms with E-state index in [1.165, 1.54) is 0 Å². The molecule has 0 saturated carbocycles. The van der Waals surface area contributed by atoms with Gasteiger partial charge >= 0.3 is 5.97 Å². The number of halogens is 1. The number of piperidine rings is 1. The van der Waals surface area contributed by atoms with Crippen molar-refractivity contribution in [2.24, 2.45) is 0 Å². The number of likely N-dealkylation sites (N-methyl/N-ethyl adjacent to an activating group) is 1. The summed E-state index contributed by atoms with van der Waals surface area (Å²) in [6, 6.07) is 7.84. The molecule has 1 aromatic carbocycles. The normalized spacial score (nSPS) is 16.3. The highest BCUT2D eigenvalue weighted by atomic mass is 79.9. The molecular formula is C17H24BrN3O3. The number of carbonyl (C=O) groups is 2. The second-order valence-corrected chi connectivity index (χ2v) is 7.10. The molecule has 0 aliphatic carbocycles. The summed E-state index contributed by atoms with van der Waals surface area (Å²) in [7, 11) is 1.86. The Kier molecular flexibility index (Phi) is 7.20. The Morgan fingerprint density at radius 2 is 1.92 bits per heavy atom. The number of carbonyl (C=O) groups excluding carboxylic acids is 1. The van der Waals surface area contributed by atoms with Gasteiger partial charge in [0.15, 0.2) is 0 Å². The van der Waals surface area contributed by atoms with Crippen molar-refractivity contribution in [3.05, 3.63) is 28.7 Å². The molecule has 1 aliphatic rings. The van der Waals surface area contributed by atoms with Crippen LogP contribution in [-0.4, -0.2) is 66.1 Å². The summed E-state index contributed by atoms with van der Waals surface area (Å²) in [5.74, 6) is -0.771. The van der Waals surface area contributed by atoms with Crippen LogP contribution in [0.15, 0.2) is 28.7 Å². The van der Waals surface area contributed by atoms with E-state index in [9.17, 15) is 9.59 Å². The van der Waals surface area contributed by atoms with Crippen molar-refractivity contribution in [1.82, 2.24) is 9.80 Å². The van der Waals surface area contributed by atoms with E-state index in [0.29, 0.717) is 12.5 Å². The third-order valence-electron chi connectivity index (χ3n) is 4.35. The number of nitrogens with one attached hydrogen (secondary N) is 1. The smallest absolute Gasteiger partial charge is 0.317 e. The van der Waals surface area contributed by atoms with Gasteiger partial charge in [-0.25, -0.2) is 0 Å². The standard InChI is InChI=1S/C17H24BrN3O3/c1-20(12-17(23)24)15-6-9-21(10-7-15)11-8-16(22)19-14-4-2-13(18)3-5-14/h2-5,15H,6-12H2,1H3,(H,19,22)(H,23,24). The molecule has 0 unspecified atom stereocenters. The third kappa shape index (κ3) is 6.22. The zero-order valence-corrected chi connectivity index (χ0v) is 15.5. The zero-order valence-electron chi connectivity index (χ0n) is 13.9. The summed E-state index contributed by atoms with van der Waals surface area (Å²) in [6.07, 6.45) is 2.35. The van der Waals surface area contributed by atoms with Gasteiger partial charge in [0.05, 0.1) is 6.54 Å². The van der Waals surface area contributed by atoms with Crippen LogP contribution in [0.2, 0.25) is 0 Å². The van der Waals surface area contributed by atoms with E-state index < -0.39 is 5.97 Å². The van der Waals surface area contributed by atoms with Crippen LogP contribution in [0.3, 0.4) is 0 Å². The summed E-state index contributed by atoms with van der Waals surface area (Å²) in [4.78, 5) is 26.9. The fraction of sp³-hybridized carbons (Fsp3) is 0.529. The van der Waals surface area contributed by atoms with Crippen LogP contribution < -0.4 is 5.32 Å². The Morgan fingerprint density at radius 3 is 2.50 bits per heavy atom. The predicted molar refractivity (Wildman–Crippen MR) is 97.1 cm³/mol. The molecule has 24 heavy (non-hydrogen) atoms. The summed E-state index contributed by atoms with van der Waals surface area (Å²) in [5.41, 5.74) is 0.803. The fourth-order valence-electron chi connectivity index (χ4n) is 2.94. The molecule has 1 fully saturated rings. The number of benzene rings is 1. The number of nitrogens with zero attached hydrogens (tertiary/aromatic N) is 2. The van der Waals surface area contributed by atoms with Gasteiger partial charge in [0.2, 0.25) is 5.91 Å². The van der Waals surface area contributed by atoms with Gasteiger partial charge in [0.1, 0.15) is 0 Å². The van der Waals surface area contributed by atoms with E-state index >= 15 is 0 Å². The predicted octanol–water partition coefficient (Wildman–Crippen LogP) is 2.26. The number of likely N-dealkylation sites (tertiary alicyclic amines) is 1. The molecule has 2 rings (SSSR count). The summed E-state index contributed by atoms with van der Waals surface area (Å²) < 4.78 is 0.983. The lowest BCUT2D eigenvalue weighted by Crippen LogP contribution is -2.45. The molecule has 6 nitrogen and oxygen atoms in total. The number of hydrogen-bond donors (Lipinski definition) is 2. The van der Waals surface area contributed by atoms with Crippen LogP contribution in [0, 0.1) is 0 Å². The maximum absolute atomic E-state index is 12.0. The van der Waals surface area contributed by atoms with Gasteiger partial charge in [-0.1, -0.05) is 15.9 Å². The minimum absolute atomic E-state index is 0.0161. The maximum atomic E-state index is 12.0. The minimum Gasteiger partial charge on any atom is -0.480 e. The molecule has 0 aromatic heterocycles. The first-order valence-corrected chi connectivity index (χ1v) is 8.93. The Morgan fingerprint density at radius 1 is 1.29 bits per heavy atom. The highest BCUT2D eigenvalue weighted by Gasteiger charge is 2.23. The molecule has 1 heterocycles. The largest absolute Gasteiger partial charge is 0.480 e. The van der Waals surface area contributed by atoms with E-state index in [1.807, 2.05) is 36.2 Å². The number of rotatable bonds is 7. The SMILES string of the molecule is CN(CC(=O)O)C1CCN(CCC(=O)Nc2ccc(Br)cc2)CC1. The van der Waals surface area contributed by atoms with E-state index in [-0.39, 0.29) is 12.5 Å². The molecule has 0 spiro atoms. The van der Waals surface area contributed by atoms with Gasteiger partial charge in [-0.3, -0.25) is 14.5 Å². The van der Waals surface area contributed by atoms with E-state index in [1.54, 1.807) is 0 Å². The number of hydrogen-bond acceptors (Lipinski definition) is 4. The van der Waals surface area contributed by atoms with Gasteiger partial charge < -0.3 is 15.3 Å². The lowest BCUT2D eigenvalue weighted by Gasteiger charge is -2.36. The third-order valence-corrected chi connectivity index (χ3v) is 4.88. The number of carboxylic acid groups (broad SMARTS) is 1. The van der Waals surface area contributed by atoms with Gasteiger partial charge in [-0.05, 0) is 57.2 Å². The zero-order chi connectivity index (χ0) is 17.5. The molecule has 132 valence electrons. The molecule has 0 bridgehead atoms. The van der Waals surface area contributed by atoms with Crippen LogP contribution >= 0.6 is 15.9 Å². The van der Waals surface area contributed by atoms with Crippen LogP contribution in [-0.2, 0) is 9.59 Å². The van der Waals surface area contributed by atoms with E-state index in [2.05, 4.69) is 26.1 Å². The van der Waals surface area contributed by atoms with Crippen molar-refractivity contribution in [2.45, 2.75) is 25.3 Å². The van der Waals surface area contributed by atoms with E-state index in [4.69, 9.17) is 5.11 Å². The molecule has 1 aromatic rings. The molecule has 7 heteroatoms. The lowest BCUT2D eigenvalue weighted by molar-refractivity contribution is -0.138. The number of anilines is 1. The summed E-state index contributed by atoms with van der Waals surface area (Å²) in [6.45, 7) is 2.62. The van der Waals surface area contributed by atoms with Crippen molar-refractivity contribution < 1.29 is 14.7 Å². The van der Waals surface area contributed by atoms with Crippen molar-refractivity contribution >= 4 is 33.5 Å². The van der Waals surface area contributed by atoms with Crippen LogP contribution in [0.25, 0.3) is 0 Å². The van der Waals surface area contributed by atoms with Gasteiger partial charge in [0, 0.05) is 29.2 Å². The average Bonchev–Trinajstić information content (AvgIpc) is 2.55. The Bertz CT molecular complexity index is 557. The molecule has 1 saturated heterocycles. The number of amides is 1. The Balaban J connectivity index is 1.67. The molecule has 1 amide bonds. The Labute approximate surface area is 150 Å². The topological polar surface area (TPSA) is 72.9 Å². The minimum atomic E-state index is -0.787. The van der Waals surface area contributed by atoms with Crippen LogP contribution in [0.1, 0.15) is 19.3 Å².